The van der Waals surface area contributed by atoms with Crippen molar-refractivity contribution in [3.8, 4) is 22.8 Å². The van der Waals surface area contributed by atoms with Gasteiger partial charge in [-0.25, -0.2) is 13.4 Å². The molecule has 2 aromatic carbocycles. The van der Waals surface area contributed by atoms with E-state index in [9.17, 15) is 13.2 Å². The number of aromatic nitrogens is 1. The van der Waals surface area contributed by atoms with E-state index in [4.69, 9.17) is 9.47 Å². The molecular weight excluding hydrogens is 450 g/mol. The van der Waals surface area contributed by atoms with E-state index in [0.717, 1.165) is 18.4 Å². The summed E-state index contributed by atoms with van der Waals surface area (Å²) in [5.74, 6) is 0.937. The first-order valence-corrected chi connectivity index (χ1v) is 12.2. The van der Waals surface area contributed by atoms with Crippen LogP contribution in [0.25, 0.3) is 11.3 Å². The number of nitrogens with zero attached hydrogens (tertiary/aromatic N) is 2. The van der Waals surface area contributed by atoms with Crippen LogP contribution in [-0.4, -0.2) is 50.9 Å². The van der Waals surface area contributed by atoms with E-state index in [1.165, 1.54) is 39.9 Å². The molecular formula is C22H23N3O5S2. The molecule has 32 heavy (non-hydrogen) atoms. The lowest BCUT2D eigenvalue weighted by atomic mass is 10.1. The maximum Gasteiger partial charge on any atom is 0.257 e. The van der Waals surface area contributed by atoms with Crippen LogP contribution in [0.15, 0.2) is 52.7 Å². The maximum atomic E-state index is 12.6. The summed E-state index contributed by atoms with van der Waals surface area (Å²) in [5, 5.41) is 4.99. The number of anilines is 1. The number of methoxy groups -OCH3 is 2. The Labute approximate surface area is 190 Å². The van der Waals surface area contributed by atoms with E-state index in [2.05, 4.69) is 10.3 Å². The third kappa shape index (κ3) is 4.47. The molecule has 0 radical (unpaired) electrons. The van der Waals surface area contributed by atoms with E-state index in [1.54, 1.807) is 33.4 Å². The van der Waals surface area contributed by atoms with Gasteiger partial charge in [-0.05, 0) is 55.3 Å². The Morgan fingerprint density at radius 2 is 1.84 bits per heavy atom. The second-order valence-electron chi connectivity index (χ2n) is 7.34. The minimum absolute atomic E-state index is 0.0743. The average molecular weight is 474 g/mol. The highest BCUT2D eigenvalue weighted by atomic mass is 32.2. The standard InChI is InChI=1S/C22H23N3O5S2/c1-25(15-6-7-15)32(27,28)17-9-4-14(5-10-17)21(26)24-22-23-19(13-31-22)18-12-16(29-2)8-11-20(18)30-3/h4-5,8-13,15H,6-7H2,1-3H3,(H,23,24,26). The lowest BCUT2D eigenvalue weighted by Crippen LogP contribution is -2.29. The normalized spacial score (nSPS) is 13.8. The van der Waals surface area contributed by atoms with E-state index in [-0.39, 0.29) is 16.8 Å². The van der Waals surface area contributed by atoms with Gasteiger partial charge in [-0.15, -0.1) is 11.3 Å². The summed E-state index contributed by atoms with van der Waals surface area (Å²) in [4.78, 5) is 17.3. The Morgan fingerprint density at radius 1 is 1.12 bits per heavy atom. The molecule has 1 saturated carbocycles. The van der Waals surface area contributed by atoms with Crippen molar-refractivity contribution < 1.29 is 22.7 Å². The monoisotopic (exact) mass is 473 g/mol. The van der Waals surface area contributed by atoms with Gasteiger partial charge >= 0.3 is 0 Å². The van der Waals surface area contributed by atoms with E-state index < -0.39 is 10.0 Å². The summed E-state index contributed by atoms with van der Waals surface area (Å²) in [6.45, 7) is 0. The molecule has 1 heterocycles. The van der Waals surface area contributed by atoms with Crippen molar-refractivity contribution in [2.75, 3.05) is 26.6 Å². The van der Waals surface area contributed by atoms with Gasteiger partial charge in [0.2, 0.25) is 10.0 Å². The number of sulfonamides is 1. The molecule has 4 rings (SSSR count). The molecule has 1 aromatic heterocycles. The molecule has 3 aromatic rings. The van der Waals surface area contributed by atoms with Crippen molar-refractivity contribution >= 4 is 32.4 Å². The fraction of sp³-hybridized carbons (Fsp3) is 0.273. The van der Waals surface area contributed by atoms with Crippen LogP contribution in [-0.2, 0) is 10.0 Å². The minimum atomic E-state index is -3.55. The van der Waals surface area contributed by atoms with Crippen molar-refractivity contribution in [1.29, 1.82) is 0 Å². The predicted octanol–water partition coefficient (Wildman–Crippen LogP) is 3.86. The zero-order chi connectivity index (χ0) is 22.9. The van der Waals surface area contributed by atoms with Crippen LogP contribution in [0.3, 0.4) is 0 Å². The molecule has 1 amide bonds. The van der Waals surface area contributed by atoms with Crippen molar-refractivity contribution in [3.05, 3.63) is 53.4 Å². The van der Waals surface area contributed by atoms with E-state index in [1.807, 2.05) is 11.4 Å². The van der Waals surface area contributed by atoms with Crippen LogP contribution in [0.5, 0.6) is 11.5 Å². The van der Waals surface area contributed by atoms with Gasteiger partial charge in [-0.2, -0.15) is 4.31 Å². The summed E-state index contributed by atoms with van der Waals surface area (Å²) in [7, 11) is 1.20. The largest absolute Gasteiger partial charge is 0.497 e. The zero-order valence-electron chi connectivity index (χ0n) is 17.9. The Hall–Kier alpha value is -2.95. The molecule has 0 aliphatic heterocycles. The minimum Gasteiger partial charge on any atom is -0.497 e. The molecule has 1 fully saturated rings. The number of hydrogen-bond donors (Lipinski definition) is 1. The van der Waals surface area contributed by atoms with Crippen LogP contribution in [0.1, 0.15) is 23.2 Å². The number of hydrogen-bond acceptors (Lipinski definition) is 7. The Morgan fingerprint density at radius 3 is 2.47 bits per heavy atom. The van der Waals surface area contributed by atoms with Crippen molar-refractivity contribution in [2.24, 2.45) is 0 Å². The molecule has 1 aliphatic carbocycles. The summed E-state index contributed by atoms with van der Waals surface area (Å²) in [5.41, 5.74) is 1.73. The molecule has 1 N–H and O–H groups in total. The third-order valence-electron chi connectivity index (χ3n) is 5.26. The van der Waals surface area contributed by atoms with Gasteiger partial charge in [0.1, 0.15) is 11.5 Å². The molecule has 10 heteroatoms. The van der Waals surface area contributed by atoms with Crippen LogP contribution >= 0.6 is 11.3 Å². The predicted molar refractivity (Wildman–Crippen MR) is 123 cm³/mol. The average Bonchev–Trinajstić information content (AvgIpc) is 3.56. The van der Waals surface area contributed by atoms with Gasteiger partial charge in [0.05, 0.1) is 24.8 Å². The van der Waals surface area contributed by atoms with Gasteiger partial charge in [0, 0.05) is 29.6 Å². The highest BCUT2D eigenvalue weighted by Crippen LogP contribution is 2.35. The SMILES string of the molecule is COc1ccc(OC)c(-c2csc(NC(=O)c3ccc(S(=O)(=O)N(C)C4CC4)cc3)n2)c1. The molecule has 1 aliphatic rings. The number of carbonyl (C=O) groups is 1. The third-order valence-corrected chi connectivity index (χ3v) is 7.94. The van der Waals surface area contributed by atoms with Crippen molar-refractivity contribution in [2.45, 2.75) is 23.8 Å². The van der Waals surface area contributed by atoms with Crippen molar-refractivity contribution in [1.82, 2.24) is 9.29 Å². The first-order chi connectivity index (χ1) is 15.3. The maximum absolute atomic E-state index is 12.6. The quantitative estimate of drug-likeness (QED) is 0.534. The van der Waals surface area contributed by atoms with Crippen LogP contribution in [0, 0.1) is 0 Å². The molecule has 0 bridgehead atoms. The second kappa shape index (κ2) is 8.89. The molecule has 0 unspecified atom stereocenters. The number of benzene rings is 2. The molecule has 0 atom stereocenters. The number of amides is 1. The lowest BCUT2D eigenvalue weighted by Gasteiger charge is -2.16. The lowest BCUT2D eigenvalue weighted by molar-refractivity contribution is 0.102. The van der Waals surface area contributed by atoms with Crippen LogP contribution < -0.4 is 14.8 Å². The first-order valence-electron chi connectivity index (χ1n) is 9.91. The van der Waals surface area contributed by atoms with E-state index in [0.29, 0.717) is 27.9 Å². The smallest absolute Gasteiger partial charge is 0.257 e. The summed E-state index contributed by atoms with van der Waals surface area (Å²) < 4.78 is 37.3. The summed E-state index contributed by atoms with van der Waals surface area (Å²) in [6, 6.07) is 11.4. The number of thiazole rings is 1. The Balaban J connectivity index is 1.49. The Kier molecular flexibility index (Phi) is 6.18. The highest BCUT2D eigenvalue weighted by Gasteiger charge is 2.35. The molecule has 0 saturated heterocycles. The van der Waals surface area contributed by atoms with Gasteiger partial charge in [0.25, 0.3) is 5.91 Å². The topological polar surface area (TPSA) is 97.8 Å². The molecule has 168 valence electrons. The number of ether oxygens (including phenoxy) is 2. The van der Waals surface area contributed by atoms with Crippen LogP contribution in [0.4, 0.5) is 5.13 Å². The molecule has 8 nitrogen and oxygen atoms in total. The van der Waals surface area contributed by atoms with Gasteiger partial charge in [-0.1, -0.05) is 0 Å². The van der Waals surface area contributed by atoms with Crippen LogP contribution in [0.2, 0.25) is 0 Å². The fourth-order valence-corrected chi connectivity index (χ4v) is 5.34. The van der Waals surface area contributed by atoms with Gasteiger partial charge in [-0.3, -0.25) is 10.1 Å². The zero-order valence-corrected chi connectivity index (χ0v) is 19.5. The fourth-order valence-electron chi connectivity index (χ4n) is 3.22. The highest BCUT2D eigenvalue weighted by molar-refractivity contribution is 7.89. The molecule has 0 spiro atoms. The number of rotatable bonds is 8. The van der Waals surface area contributed by atoms with Gasteiger partial charge < -0.3 is 9.47 Å². The summed E-state index contributed by atoms with van der Waals surface area (Å²) in [6.07, 6.45) is 1.77. The van der Waals surface area contributed by atoms with Crippen molar-refractivity contribution in [3.63, 3.8) is 0 Å². The number of carbonyl (C=O) groups excluding carboxylic acids is 1. The van der Waals surface area contributed by atoms with Gasteiger partial charge in [0.15, 0.2) is 5.13 Å². The second-order valence-corrected chi connectivity index (χ2v) is 10.2. The Bertz CT molecular complexity index is 1230. The first kappa shape index (κ1) is 22.3. The number of nitrogens with one attached hydrogen (secondary N) is 1. The van der Waals surface area contributed by atoms with E-state index >= 15 is 0 Å². The summed E-state index contributed by atoms with van der Waals surface area (Å²) >= 11 is 1.28.